The largest absolute Gasteiger partial charge is 0.444 e. The molecule has 1 amide bonds. The monoisotopic (exact) mass is 333 g/mol. The van der Waals surface area contributed by atoms with Crippen LogP contribution in [0.15, 0.2) is 45.5 Å². The van der Waals surface area contributed by atoms with Crippen molar-refractivity contribution >= 4 is 21.8 Å². The maximum Gasteiger partial charge on any atom is 0.290 e. The average molecular weight is 334 g/mol. The number of halogens is 1. The molecule has 0 aliphatic carbocycles. The Balaban J connectivity index is 1.95. The van der Waals surface area contributed by atoms with E-state index in [1.807, 2.05) is 11.0 Å². The Hall–Kier alpha value is -1.55. The molecule has 0 N–H and O–H groups in total. The van der Waals surface area contributed by atoms with Crippen LogP contribution in [0.25, 0.3) is 0 Å². The molecule has 104 valence electrons. The minimum absolute atomic E-state index is 0.0600. The number of furan rings is 1. The van der Waals surface area contributed by atoms with Crippen LogP contribution in [0.3, 0.4) is 0 Å². The molecule has 0 spiro atoms. The summed E-state index contributed by atoms with van der Waals surface area (Å²) < 4.78 is 5.98. The Bertz CT molecular complexity index is 660. The predicted octanol–water partition coefficient (Wildman–Crippen LogP) is 4.02. The van der Waals surface area contributed by atoms with Gasteiger partial charge in [0, 0.05) is 12.1 Å². The Morgan fingerprint density at radius 3 is 2.55 bits per heavy atom. The first-order valence-corrected chi connectivity index (χ1v) is 7.41. The van der Waals surface area contributed by atoms with E-state index < -0.39 is 0 Å². The molecular formula is C16H16BrNO2. The number of fused-ring (bicyclic) bond motifs is 1. The van der Waals surface area contributed by atoms with Gasteiger partial charge in [0.1, 0.15) is 0 Å². The van der Waals surface area contributed by atoms with Crippen LogP contribution in [-0.2, 0) is 13.0 Å². The van der Waals surface area contributed by atoms with Crippen LogP contribution < -0.4 is 0 Å². The maximum atomic E-state index is 12.6. The zero-order valence-electron chi connectivity index (χ0n) is 11.5. The van der Waals surface area contributed by atoms with Crippen molar-refractivity contribution in [2.45, 2.75) is 32.4 Å². The lowest BCUT2D eigenvalue weighted by molar-refractivity contribution is 0.0455. The van der Waals surface area contributed by atoms with Gasteiger partial charge in [-0.15, -0.1) is 0 Å². The topological polar surface area (TPSA) is 33.5 Å². The molecule has 0 radical (unpaired) electrons. The molecule has 1 aliphatic heterocycles. The van der Waals surface area contributed by atoms with Crippen molar-refractivity contribution in [1.82, 2.24) is 4.90 Å². The van der Waals surface area contributed by atoms with E-state index in [1.165, 1.54) is 11.1 Å². The first-order valence-electron chi connectivity index (χ1n) is 6.61. The number of carbonyl (C=O) groups is 1. The van der Waals surface area contributed by atoms with E-state index in [-0.39, 0.29) is 11.4 Å². The van der Waals surface area contributed by atoms with Crippen LogP contribution in [0.5, 0.6) is 0 Å². The molecule has 0 fully saturated rings. The van der Waals surface area contributed by atoms with Gasteiger partial charge in [0.2, 0.25) is 0 Å². The van der Waals surface area contributed by atoms with Crippen LogP contribution in [0.1, 0.15) is 35.5 Å². The molecule has 2 aromatic rings. The van der Waals surface area contributed by atoms with Gasteiger partial charge in [-0.05, 0) is 59.5 Å². The first-order chi connectivity index (χ1) is 9.47. The summed E-state index contributed by atoms with van der Waals surface area (Å²) in [6, 6.07) is 11.8. The smallest absolute Gasteiger partial charge is 0.290 e. The van der Waals surface area contributed by atoms with E-state index in [1.54, 1.807) is 12.1 Å². The fourth-order valence-electron chi connectivity index (χ4n) is 2.74. The highest BCUT2D eigenvalue weighted by molar-refractivity contribution is 9.10. The minimum Gasteiger partial charge on any atom is -0.444 e. The summed E-state index contributed by atoms with van der Waals surface area (Å²) in [5.41, 5.74) is 2.32. The molecule has 0 bridgehead atoms. The van der Waals surface area contributed by atoms with Crippen LogP contribution in [0.4, 0.5) is 0 Å². The molecule has 0 saturated carbocycles. The predicted molar refractivity (Wildman–Crippen MR) is 80.5 cm³/mol. The molecule has 0 atom stereocenters. The van der Waals surface area contributed by atoms with Crippen molar-refractivity contribution in [3.05, 3.63) is 58.0 Å². The Morgan fingerprint density at radius 1 is 1.20 bits per heavy atom. The summed E-state index contributed by atoms with van der Waals surface area (Å²) in [7, 11) is 0. The Labute approximate surface area is 126 Å². The number of amides is 1. The van der Waals surface area contributed by atoms with E-state index in [0.29, 0.717) is 17.0 Å². The van der Waals surface area contributed by atoms with Crippen molar-refractivity contribution < 1.29 is 9.21 Å². The van der Waals surface area contributed by atoms with Crippen LogP contribution in [-0.4, -0.2) is 16.3 Å². The van der Waals surface area contributed by atoms with E-state index in [2.05, 4.69) is 48.0 Å². The average Bonchev–Trinajstić information content (AvgIpc) is 2.83. The fraction of sp³-hybridized carbons (Fsp3) is 0.312. The lowest BCUT2D eigenvalue weighted by Crippen LogP contribution is -2.51. The standard InChI is InChI=1S/C16H16BrNO2/c1-16(2)9-11-5-3-4-6-12(11)10-18(16)15(19)13-7-8-14(17)20-13/h3-8H,9-10H2,1-2H3. The SMILES string of the molecule is CC1(C)Cc2ccccc2CN1C(=O)c1ccc(Br)o1. The number of hydrogen-bond donors (Lipinski definition) is 0. The van der Waals surface area contributed by atoms with Gasteiger partial charge in [0.25, 0.3) is 5.91 Å². The van der Waals surface area contributed by atoms with Gasteiger partial charge in [0.05, 0.1) is 0 Å². The molecule has 0 saturated heterocycles. The molecule has 3 nitrogen and oxygen atoms in total. The minimum atomic E-state index is -0.218. The summed E-state index contributed by atoms with van der Waals surface area (Å²) in [6.07, 6.45) is 0.858. The van der Waals surface area contributed by atoms with Crippen molar-refractivity contribution in [3.63, 3.8) is 0 Å². The summed E-state index contributed by atoms with van der Waals surface area (Å²) in [5.74, 6) is 0.319. The second-order valence-corrected chi connectivity index (χ2v) is 6.53. The third-order valence-electron chi connectivity index (χ3n) is 3.83. The van der Waals surface area contributed by atoms with Gasteiger partial charge in [-0.3, -0.25) is 4.79 Å². The van der Waals surface area contributed by atoms with Gasteiger partial charge >= 0.3 is 0 Å². The zero-order valence-corrected chi connectivity index (χ0v) is 13.1. The van der Waals surface area contributed by atoms with Crippen LogP contribution >= 0.6 is 15.9 Å². The van der Waals surface area contributed by atoms with E-state index in [9.17, 15) is 4.79 Å². The van der Waals surface area contributed by atoms with Gasteiger partial charge < -0.3 is 9.32 Å². The lowest BCUT2D eigenvalue weighted by Gasteiger charge is -2.42. The molecule has 1 aromatic heterocycles. The highest BCUT2D eigenvalue weighted by Crippen LogP contribution is 2.32. The Kier molecular flexibility index (Phi) is 3.21. The number of hydrogen-bond acceptors (Lipinski definition) is 2. The van der Waals surface area contributed by atoms with Crippen LogP contribution in [0.2, 0.25) is 0 Å². The molecule has 2 heterocycles. The third-order valence-corrected chi connectivity index (χ3v) is 4.26. The summed E-state index contributed by atoms with van der Waals surface area (Å²) in [4.78, 5) is 14.5. The molecule has 1 aliphatic rings. The first kappa shape index (κ1) is 13.4. The lowest BCUT2D eigenvalue weighted by atomic mass is 9.85. The maximum absolute atomic E-state index is 12.6. The van der Waals surface area contributed by atoms with Crippen molar-refractivity contribution in [2.75, 3.05) is 0 Å². The normalized spacial score (nSPS) is 16.9. The zero-order chi connectivity index (χ0) is 14.3. The van der Waals surface area contributed by atoms with Crippen molar-refractivity contribution in [1.29, 1.82) is 0 Å². The third kappa shape index (κ3) is 2.29. The molecule has 20 heavy (non-hydrogen) atoms. The second-order valence-electron chi connectivity index (χ2n) is 5.75. The number of carbonyl (C=O) groups excluding carboxylic acids is 1. The molecule has 4 heteroatoms. The van der Waals surface area contributed by atoms with Crippen LogP contribution in [0, 0.1) is 0 Å². The van der Waals surface area contributed by atoms with E-state index in [4.69, 9.17) is 4.42 Å². The summed E-state index contributed by atoms with van der Waals surface area (Å²) in [5, 5.41) is 0. The summed E-state index contributed by atoms with van der Waals surface area (Å²) in [6.45, 7) is 4.82. The number of nitrogens with zero attached hydrogens (tertiary/aromatic N) is 1. The van der Waals surface area contributed by atoms with Gasteiger partial charge in [-0.25, -0.2) is 0 Å². The van der Waals surface area contributed by atoms with E-state index in [0.717, 1.165) is 6.42 Å². The quantitative estimate of drug-likeness (QED) is 0.789. The van der Waals surface area contributed by atoms with Gasteiger partial charge in [0.15, 0.2) is 10.4 Å². The highest BCUT2D eigenvalue weighted by atomic mass is 79.9. The molecular weight excluding hydrogens is 318 g/mol. The number of benzene rings is 1. The highest BCUT2D eigenvalue weighted by Gasteiger charge is 2.37. The molecule has 0 unspecified atom stereocenters. The second kappa shape index (κ2) is 4.77. The van der Waals surface area contributed by atoms with Gasteiger partial charge in [-0.2, -0.15) is 0 Å². The molecule has 1 aromatic carbocycles. The number of rotatable bonds is 1. The Morgan fingerprint density at radius 2 is 1.90 bits per heavy atom. The fourth-order valence-corrected chi connectivity index (χ4v) is 3.05. The molecule has 3 rings (SSSR count). The van der Waals surface area contributed by atoms with Crippen molar-refractivity contribution in [2.24, 2.45) is 0 Å². The van der Waals surface area contributed by atoms with E-state index >= 15 is 0 Å². The van der Waals surface area contributed by atoms with Gasteiger partial charge in [-0.1, -0.05) is 24.3 Å². The van der Waals surface area contributed by atoms with Crippen molar-refractivity contribution in [3.8, 4) is 0 Å². The summed E-state index contributed by atoms with van der Waals surface area (Å²) >= 11 is 3.24.